The number of benzene rings is 4. The van der Waals surface area contributed by atoms with Crippen molar-refractivity contribution in [2.45, 2.75) is 70.5 Å². The number of aliphatic carboxylic acids is 1. The minimum atomic E-state index is -1.01. The van der Waals surface area contributed by atoms with Gasteiger partial charge in [-0.05, 0) is 71.6 Å². The summed E-state index contributed by atoms with van der Waals surface area (Å²) in [7, 11) is 0. The van der Waals surface area contributed by atoms with E-state index in [1.54, 1.807) is 0 Å². The van der Waals surface area contributed by atoms with Gasteiger partial charge in [-0.3, -0.25) is 0 Å². The molecule has 4 heteroatoms. The second-order valence-corrected chi connectivity index (χ2v) is 13.2. The third kappa shape index (κ3) is 7.67. The van der Waals surface area contributed by atoms with Gasteiger partial charge in [-0.1, -0.05) is 124 Å². The number of ether oxygens (including phenoxy) is 2. The molecule has 44 heavy (non-hydrogen) atoms. The molecule has 0 spiro atoms. The Balaban J connectivity index is 1.55. The van der Waals surface area contributed by atoms with Crippen LogP contribution in [0.5, 0.6) is 5.75 Å². The van der Waals surface area contributed by atoms with Gasteiger partial charge in [0.2, 0.25) is 0 Å². The Labute approximate surface area is 262 Å². The fraction of sp³-hybridized carbons (Fsp3) is 0.325. The Hall–Kier alpha value is -4.15. The minimum Gasteiger partial charge on any atom is -0.482 e. The molecule has 0 aromatic heterocycles. The van der Waals surface area contributed by atoms with E-state index in [1.807, 2.05) is 36.4 Å². The van der Waals surface area contributed by atoms with E-state index in [0.29, 0.717) is 5.75 Å². The van der Waals surface area contributed by atoms with Crippen molar-refractivity contribution in [1.29, 1.82) is 0 Å². The van der Waals surface area contributed by atoms with Crippen LogP contribution in [0.1, 0.15) is 79.5 Å². The molecule has 0 amide bonds. The van der Waals surface area contributed by atoms with Gasteiger partial charge in [-0.2, -0.15) is 0 Å². The standard InChI is InChI=1S/C40H44O4/c1-27(2)33-25-34(31-17-19-32(20-18-31)40(3,4)5)37(24-29-14-10-7-11-15-29)44-39(33)35-23-30(22-28-12-8-6-9-13-28)16-21-36(35)43-26-38(41)42/h6-21,23,33-34,37,39H,1,22,24-26H2,2-5H3,(H,41,42)/t33-,34-,37+,39+/m0/s1. The van der Waals surface area contributed by atoms with Crippen LogP contribution in [0.3, 0.4) is 0 Å². The molecule has 1 saturated heterocycles. The van der Waals surface area contributed by atoms with Gasteiger partial charge in [-0.15, -0.1) is 0 Å². The highest BCUT2D eigenvalue weighted by molar-refractivity contribution is 5.68. The Morgan fingerprint density at radius 2 is 1.52 bits per heavy atom. The van der Waals surface area contributed by atoms with Gasteiger partial charge in [0, 0.05) is 17.4 Å². The molecule has 5 rings (SSSR count). The van der Waals surface area contributed by atoms with Crippen molar-refractivity contribution >= 4 is 5.97 Å². The fourth-order valence-corrected chi connectivity index (χ4v) is 6.33. The number of carboxylic acid groups (broad SMARTS) is 1. The molecule has 1 aliphatic rings. The van der Waals surface area contributed by atoms with Crippen molar-refractivity contribution in [2.24, 2.45) is 5.92 Å². The lowest BCUT2D eigenvalue weighted by molar-refractivity contribution is -0.139. The fourth-order valence-electron chi connectivity index (χ4n) is 6.33. The van der Waals surface area contributed by atoms with Crippen LogP contribution >= 0.6 is 0 Å². The Morgan fingerprint density at radius 1 is 0.886 bits per heavy atom. The summed E-state index contributed by atoms with van der Waals surface area (Å²) in [5, 5.41) is 9.43. The summed E-state index contributed by atoms with van der Waals surface area (Å²) in [4.78, 5) is 11.5. The van der Waals surface area contributed by atoms with E-state index in [2.05, 4.69) is 101 Å². The van der Waals surface area contributed by atoms with Crippen LogP contribution in [0.2, 0.25) is 0 Å². The normalized spacial score (nSPS) is 20.2. The predicted molar refractivity (Wildman–Crippen MR) is 177 cm³/mol. The zero-order valence-corrected chi connectivity index (χ0v) is 26.3. The summed E-state index contributed by atoms with van der Waals surface area (Å²) in [5.41, 5.74) is 8.13. The minimum absolute atomic E-state index is 0.0217. The number of hydrogen-bond acceptors (Lipinski definition) is 3. The number of hydrogen-bond donors (Lipinski definition) is 1. The maximum atomic E-state index is 11.5. The SMILES string of the molecule is C=C(C)[C@@H]1C[C@@H](c2ccc(C(C)(C)C)cc2)[C@@H](Cc2ccccc2)O[C@H]1c1cc(Cc2ccccc2)ccc1OCC(=O)O. The molecule has 4 aromatic carbocycles. The molecule has 0 aliphatic carbocycles. The lowest BCUT2D eigenvalue weighted by atomic mass is 9.73. The molecule has 4 atom stereocenters. The summed E-state index contributed by atoms with van der Waals surface area (Å²) in [5.74, 6) is -0.274. The first-order valence-corrected chi connectivity index (χ1v) is 15.5. The monoisotopic (exact) mass is 588 g/mol. The average Bonchev–Trinajstić information content (AvgIpc) is 3.00. The predicted octanol–water partition coefficient (Wildman–Crippen LogP) is 9.09. The molecule has 1 aliphatic heterocycles. The maximum Gasteiger partial charge on any atom is 0.341 e. The van der Waals surface area contributed by atoms with Gasteiger partial charge in [-0.25, -0.2) is 4.79 Å². The van der Waals surface area contributed by atoms with Crippen molar-refractivity contribution in [2.75, 3.05) is 6.61 Å². The van der Waals surface area contributed by atoms with Crippen molar-refractivity contribution in [3.8, 4) is 5.75 Å². The van der Waals surface area contributed by atoms with Gasteiger partial charge in [0.25, 0.3) is 0 Å². The number of rotatable bonds is 10. The summed E-state index contributed by atoms with van der Waals surface area (Å²) in [6.45, 7) is 12.8. The topological polar surface area (TPSA) is 55.8 Å². The molecule has 0 unspecified atom stereocenters. The molecule has 1 N–H and O–H groups in total. The van der Waals surface area contributed by atoms with Crippen LogP contribution in [0, 0.1) is 5.92 Å². The molecule has 228 valence electrons. The Kier molecular flexibility index (Phi) is 9.71. The third-order valence-electron chi connectivity index (χ3n) is 8.74. The molecular weight excluding hydrogens is 544 g/mol. The Bertz CT molecular complexity index is 1550. The van der Waals surface area contributed by atoms with Gasteiger partial charge in [0.1, 0.15) is 5.75 Å². The molecule has 0 saturated carbocycles. The molecule has 4 nitrogen and oxygen atoms in total. The summed E-state index contributed by atoms with van der Waals surface area (Å²) in [6, 6.07) is 36.0. The van der Waals surface area contributed by atoms with E-state index in [4.69, 9.17) is 9.47 Å². The van der Waals surface area contributed by atoms with Crippen LogP contribution in [0.15, 0.2) is 115 Å². The third-order valence-corrected chi connectivity index (χ3v) is 8.74. The van der Waals surface area contributed by atoms with Crippen LogP contribution in [-0.2, 0) is 27.8 Å². The van der Waals surface area contributed by atoms with E-state index in [-0.39, 0.29) is 29.5 Å². The Morgan fingerprint density at radius 3 is 2.11 bits per heavy atom. The van der Waals surface area contributed by atoms with Crippen LogP contribution in [0.25, 0.3) is 0 Å². The molecule has 1 fully saturated rings. The van der Waals surface area contributed by atoms with E-state index < -0.39 is 12.6 Å². The molecular formula is C40H44O4. The smallest absolute Gasteiger partial charge is 0.341 e. The van der Waals surface area contributed by atoms with Crippen LogP contribution in [0.4, 0.5) is 0 Å². The van der Waals surface area contributed by atoms with Gasteiger partial charge in [0.15, 0.2) is 6.61 Å². The van der Waals surface area contributed by atoms with Crippen molar-refractivity contribution < 1.29 is 19.4 Å². The van der Waals surface area contributed by atoms with Crippen LogP contribution < -0.4 is 4.74 Å². The van der Waals surface area contributed by atoms with E-state index in [9.17, 15) is 9.90 Å². The first-order valence-electron chi connectivity index (χ1n) is 15.5. The van der Waals surface area contributed by atoms with Gasteiger partial charge in [0.05, 0.1) is 12.2 Å². The second kappa shape index (κ2) is 13.7. The zero-order chi connectivity index (χ0) is 31.3. The average molecular weight is 589 g/mol. The summed E-state index contributed by atoms with van der Waals surface area (Å²) < 4.78 is 13.1. The zero-order valence-electron chi connectivity index (χ0n) is 26.3. The highest BCUT2D eigenvalue weighted by atomic mass is 16.5. The summed E-state index contributed by atoms with van der Waals surface area (Å²) in [6.07, 6.45) is 1.97. The molecule has 0 bridgehead atoms. The number of carboxylic acids is 1. The van der Waals surface area contributed by atoms with Gasteiger partial charge < -0.3 is 14.6 Å². The van der Waals surface area contributed by atoms with E-state index in [0.717, 1.165) is 36.0 Å². The maximum absolute atomic E-state index is 11.5. The van der Waals surface area contributed by atoms with E-state index in [1.165, 1.54) is 22.3 Å². The highest BCUT2D eigenvalue weighted by Crippen LogP contribution is 2.49. The lowest BCUT2D eigenvalue weighted by Crippen LogP contribution is -2.37. The van der Waals surface area contributed by atoms with Gasteiger partial charge >= 0.3 is 5.97 Å². The first-order chi connectivity index (χ1) is 21.1. The second-order valence-electron chi connectivity index (χ2n) is 13.2. The van der Waals surface area contributed by atoms with Crippen LogP contribution in [-0.4, -0.2) is 23.8 Å². The first kappa shape index (κ1) is 31.3. The quantitative estimate of drug-likeness (QED) is 0.188. The largest absolute Gasteiger partial charge is 0.482 e. The van der Waals surface area contributed by atoms with Crippen molar-refractivity contribution in [3.05, 3.63) is 149 Å². The lowest BCUT2D eigenvalue weighted by Gasteiger charge is -2.43. The molecule has 1 heterocycles. The summed E-state index contributed by atoms with van der Waals surface area (Å²) >= 11 is 0. The van der Waals surface area contributed by atoms with Crippen molar-refractivity contribution in [1.82, 2.24) is 0 Å². The number of carbonyl (C=O) groups is 1. The molecule has 4 aromatic rings. The molecule has 0 radical (unpaired) electrons. The highest BCUT2D eigenvalue weighted by Gasteiger charge is 2.41. The van der Waals surface area contributed by atoms with Crippen molar-refractivity contribution in [3.63, 3.8) is 0 Å². The van der Waals surface area contributed by atoms with E-state index >= 15 is 0 Å².